The Bertz CT molecular complexity index is 1350. The number of hydrogen-bond donors (Lipinski definition) is 6. The van der Waals surface area contributed by atoms with E-state index < -0.39 is 49.5 Å². The molecule has 7 unspecified atom stereocenters. The fraction of sp³-hybridized carbons (Fsp3) is 0.750. The van der Waals surface area contributed by atoms with E-state index >= 15 is 0 Å². The lowest BCUT2D eigenvalue weighted by molar-refractivity contribution is -0.302. The number of nitrogens with one attached hydrogen (secondary N) is 1. The second-order valence-electron chi connectivity index (χ2n) is 19.3. The summed E-state index contributed by atoms with van der Waals surface area (Å²) in [5.41, 5.74) is 0. The Labute approximate surface area is 422 Å². The first kappa shape index (κ1) is 64.4. The van der Waals surface area contributed by atoms with Gasteiger partial charge in [-0.2, -0.15) is 0 Å². The van der Waals surface area contributed by atoms with Gasteiger partial charge in [0, 0.05) is 6.42 Å². The van der Waals surface area contributed by atoms with Gasteiger partial charge < -0.3 is 40.3 Å². The van der Waals surface area contributed by atoms with Crippen LogP contribution in [0, 0.1) is 0 Å². The molecule has 0 saturated carbocycles. The van der Waals surface area contributed by atoms with Crippen LogP contribution in [0.5, 0.6) is 0 Å². The van der Waals surface area contributed by atoms with Crippen molar-refractivity contribution in [3.63, 3.8) is 0 Å². The van der Waals surface area contributed by atoms with Crippen LogP contribution in [0.15, 0.2) is 85.1 Å². The zero-order chi connectivity index (χ0) is 50.1. The molecule has 0 bridgehead atoms. The number of ether oxygens (including phenoxy) is 2. The van der Waals surface area contributed by atoms with Gasteiger partial charge in [0.15, 0.2) is 6.29 Å². The summed E-state index contributed by atoms with van der Waals surface area (Å²) in [6.45, 7) is 3.65. The summed E-state index contributed by atoms with van der Waals surface area (Å²) in [6, 6.07) is -0.831. The average molecular weight is 968 g/mol. The highest BCUT2D eigenvalue weighted by Crippen LogP contribution is 2.23. The third kappa shape index (κ3) is 38.7. The van der Waals surface area contributed by atoms with Gasteiger partial charge >= 0.3 is 0 Å². The number of amides is 1. The maximum atomic E-state index is 13.1. The van der Waals surface area contributed by atoms with Crippen LogP contribution in [-0.2, 0) is 14.3 Å². The quantitative estimate of drug-likeness (QED) is 0.0261. The van der Waals surface area contributed by atoms with E-state index in [1.54, 1.807) is 6.08 Å². The van der Waals surface area contributed by atoms with E-state index in [4.69, 9.17) is 9.47 Å². The van der Waals surface area contributed by atoms with Gasteiger partial charge in [-0.3, -0.25) is 4.79 Å². The largest absolute Gasteiger partial charge is 0.394 e. The normalized spacial score (nSPS) is 20.1. The molecule has 1 aliphatic rings. The predicted octanol–water partition coefficient (Wildman–Crippen LogP) is 13.8. The molecule has 398 valence electrons. The molecule has 1 saturated heterocycles. The van der Waals surface area contributed by atoms with Crippen molar-refractivity contribution in [1.29, 1.82) is 0 Å². The zero-order valence-electron chi connectivity index (χ0n) is 44.0. The van der Waals surface area contributed by atoms with E-state index in [2.05, 4.69) is 92.1 Å². The summed E-state index contributed by atoms with van der Waals surface area (Å²) >= 11 is 0. The minimum Gasteiger partial charge on any atom is -0.394 e. The molecule has 0 aliphatic carbocycles. The molecule has 0 radical (unpaired) electrons. The standard InChI is InChI=1S/C60H105NO8/c1-3-5-7-9-11-13-15-17-19-21-23-25-26-27-28-30-32-34-36-38-40-42-44-46-48-50-56(64)61-53(52-68-60-59(67)58(66)57(65)55(51-62)69-60)54(63)49-47-45-43-41-39-37-35-33-31-29-24-22-20-18-16-14-12-10-8-6-4-2/h5,7,11,13,17,19,23,25,27-28,39,41,47,49,53-55,57-60,62-63,65-67H,3-4,6,8-10,12,14-16,18,20-22,24,26,29-38,40,42-46,48,50-52H2,1-2H3,(H,61,64)/b7-5-,13-11-,19-17-,25-23-,28-27-,41-39+,49-47+. The van der Waals surface area contributed by atoms with Crippen molar-refractivity contribution >= 4 is 5.91 Å². The molecule has 0 aromatic heterocycles. The number of carbonyl (C=O) groups excluding carboxylic acids is 1. The molecule has 0 aromatic rings. The number of rotatable bonds is 47. The Balaban J connectivity index is 2.28. The first-order valence-electron chi connectivity index (χ1n) is 28.3. The minimum absolute atomic E-state index is 0.195. The van der Waals surface area contributed by atoms with Gasteiger partial charge in [-0.15, -0.1) is 0 Å². The molecular weight excluding hydrogens is 863 g/mol. The molecule has 9 nitrogen and oxygen atoms in total. The Morgan fingerprint density at radius 3 is 1.39 bits per heavy atom. The zero-order valence-corrected chi connectivity index (χ0v) is 44.0. The lowest BCUT2D eigenvalue weighted by Gasteiger charge is -2.40. The molecule has 7 atom stereocenters. The van der Waals surface area contributed by atoms with E-state index in [-0.39, 0.29) is 12.5 Å². The topological polar surface area (TPSA) is 149 Å². The van der Waals surface area contributed by atoms with Gasteiger partial charge in [-0.25, -0.2) is 0 Å². The van der Waals surface area contributed by atoms with Crippen LogP contribution in [0.3, 0.4) is 0 Å². The first-order valence-corrected chi connectivity index (χ1v) is 28.3. The molecular formula is C60H105NO8. The van der Waals surface area contributed by atoms with Gasteiger partial charge in [0.05, 0.1) is 25.4 Å². The predicted molar refractivity (Wildman–Crippen MR) is 290 cm³/mol. The second-order valence-corrected chi connectivity index (χ2v) is 19.3. The Kier molecular flexibility index (Phi) is 45.7. The van der Waals surface area contributed by atoms with Crippen molar-refractivity contribution in [2.75, 3.05) is 13.2 Å². The van der Waals surface area contributed by atoms with Gasteiger partial charge in [0.2, 0.25) is 5.91 Å². The lowest BCUT2D eigenvalue weighted by Crippen LogP contribution is -2.60. The van der Waals surface area contributed by atoms with E-state index in [1.807, 2.05) is 6.08 Å². The van der Waals surface area contributed by atoms with Crippen LogP contribution in [0.1, 0.15) is 232 Å². The Morgan fingerprint density at radius 2 is 0.913 bits per heavy atom. The van der Waals surface area contributed by atoms with Crippen LogP contribution in [-0.4, -0.2) is 87.5 Å². The third-order valence-electron chi connectivity index (χ3n) is 13.0. The number of aliphatic hydroxyl groups is 5. The fourth-order valence-corrected chi connectivity index (χ4v) is 8.49. The van der Waals surface area contributed by atoms with Crippen molar-refractivity contribution in [2.24, 2.45) is 0 Å². The van der Waals surface area contributed by atoms with Gasteiger partial charge in [-0.1, -0.05) is 234 Å². The number of aliphatic hydroxyl groups excluding tert-OH is 5. The summed E-state index contributed by atoms with van der Waals surface area (Å²) in [7, 11) is 0. The summed E-state index contributed by atoms with van der Waals surface area (Å²) in [5.74, 6) is -0.195. The van der Waals surface area contributed by atoms with Gasteiger partial charge in [-0.05, 0) is 77.0 Å². The monoisotopic (exact) mass is 968 g/mol. The molecule has 0 spiro atoms. The summed E-state index contributed by atoms with van der Waals surface area (Å²) in [4.78, 5) is 13.1. The summed E-state index contributed by atoms with van der Waals surface area (Å²) in [5, 5.41) is 54.5. The molecule has 1 amide bonds. The highest BCUT2D eigenvalue weighted by Gasteiger charge is 2.44. The van der Waals surface area contributed by atoms with Gasteiger partial charge in [0.1, 0.15) is 24.4 Å². The molecule has 0 aromatic carbocycles. The lowest BCUT2D eigenvalue weighted by atomic mass is 9.99. The Morgan fingerprint density at radius 1 is 0.507 bits per heavy atom. The van der Waals surface area contributed by atoms with Crippen molar-refractivity contribution in [3.8, 4) is 0 Å². The van der Waals surface area contributed by atoms with E-state index in [0.717, 1.165) is 83.5 Å². The third-order valence-corrected chi connectivity index (χ3v) is 13.0. The van der Waals surface area contributed by atoms with Crippen molar-refractivity contribution in [2.45, 2.75) is 275 Å². The van der Waals surface area contributed by atoms with Crippen LogP contribution in [0.25, 0.3) is 0 Å². The van der Waals surface area contributed by atoms with E-state index in [0.29, 0.717) is 6.42 Å². The summed E-state index contributed by atoms with van der Waals surface area (Å²) < 4.78 is 11.3. The highest BCUT2D eigenvalue weighted by molar-refractivity contribution is 5.76. The molecule has 1 rings (SSSR count). The first-order chi connectivity index (χ1) is 33.8. The van der Waals surface area contributed by atoms with Crippen molar-refractivity contribution in [3.05, 3.63) is 85.1 Å². The van der Waals surface area contributed by atoms with Crippen molar-refractivity contribution < 1.29 is 39.8 Å². The maximum Gasteiger partial charge on any atom is 0.220 e. The van der Waals surface area contributed by atoms with Crippen LogP contribution in [0.2, 0.25) is 0 Å². The maximum absolute atomic E-state index is 13.1. The van der Waals surface area contributed by atoms with Crippen LogP contribution in [0.4, 0.5) is 0 Å². The molecule has 1 aliphatic heterocycles. The number of allylic oxidation sites excluding steroid dienone is 13. The van der Waals surface area contributed by atoms with E-state index in [9.17, 15) is 30.3 Å². The van der Waals surface area contributed by atoms with Crippen LogP contribution >= 0.6 is 0 Å². The number of unbranched alkanes of at least 4 members (excludes halogenated alkanes) is 25. The van der Waals surface area contributed by atoms with Crippen molar-refractivity contribution in [1.82, 2.24) is 5.32 Å². The van der Waals surface area contributed by atoms with Gasteiger partial charge in [0.25, 0.3) is 0 Å². The fourth-order valence-electron chi connectivity index (χ4n) is 8.49. The number of hydrogen-bond acceptors (Lipinski definition) is 8. The smallest absolute Gasteiger partial charge is 0.220 e. The molecule has 6 N–H and O–H groups in total. The molecule has 1 fully saturated rings. The summed E-state index contributed by atoms with van der Waals surface area (Å²) in [6.07, 6.45) is 62.1. The molecule has 9 heteroatoms. The molecule has 1 heterocycles. The minimum atomic E-state index is -1.58. The SMILES string of the molecule is CC/C=C\C/C=C\C/C=C\C/C=C\C/C=C\CCCCCCCCCCCC(=O)NC(COC1OC(CO)C(O)C(O)C1O)C(O)/C=C/CC/C=C/CCCCCCCCCCCCCCCCC. The molecule has 69 heavy (non-hydrogen) atoms. The van der Waals surface area contributed by atoms with Crippen LogP contribution < -0.4 is 5.32 Å². The number of carbonyl (C=O) groups is 1. The highest BCUT2D eigenvalue weighted by atomic mass is 16.7. The van der Waals surface area contributed by atoms with E-state index in [1.165, 1.54) is 128 Å². The Hall–Kier alpha value is -2.63. The second kappa shape index (κ2) is 49.0. The average Bonchev–Trinajstić information content (AvgIpc) is 3.35.